The first kappa shape index (κ1) is 16.5. The number of benzene rings is 2. The highest BCUT2D eigenvalue weighted by Crippen LogP contribution is 2.20. The largest absolute Gasteiger partial charge is 0.383 e. The summed E-state index contributed by atoms with van der Waals surface area (Å²) in [5.74, 6) is -0.385. The quantitative estimate of drug-likeness (QED) is 0.679. The molecule has 2 rings (SSSR count). The van der Waals surface area contributed by atoms with Gasteiger partial charge in [-0.05, 0) is 36.8 Å². The van der Waals surface area contributed by atoms with Crippen LogP contribution in [-0.2, 0) is 0 Å². The van der Waals surface area contributed by atoms with Crippen molar-refractivity contribution in [3.8, 4) is 0 Å². The van der Waals surface area contributed by atoms with E-state index in [4.69, 9.17) is 0 Å². The average Bonchev–Trinajstić information content (AvgIpc) is 2.53. The van der Waals surface area contributed by atoms with E-state index in [1.54, 1.807) is 47.5 Å². The van der Waals surface area contributed by atoms with Crippen LogP contribution in [0.15, 0.2) is 60.8 Å². The van der Waals surface area contributed by atoms with Crippen molar-refractivity contribution < 1.29 is 9.59 Å². The molecule has 0 heterocycles. The number of hydrogen-bond acceptors (Lipinski definition) is 3. The number of amides is 1. The molecular formula is C19H20N2O2. The molecule has 0 aliphatic rings. The Hall–Kier alpha value is -2.88. The Bertz CT molecular complexity index is 734. The standard InChI is InChI=1S/C19H20N2O2/c1-14-9-10-16(18(22)11-12-21(2)3)17(13-14)20-19(23)15-7-5-4-6-8-15/h4-13H,1-3H3,(H,20,23)/b12-11+. The van der Waals surface area contributed by atoms with E-state index in [0.717, 1.165) is 5.56 Å². The molecule has 0 saturated carbocycles. The van der Waals surface area contributed by atoms with Gasteiger partial charge in [0.15, 0.2) is 5.78 Å². The first-order chi connectivity index (χ1) is 11.0. The summed E-state index contributed by atoms with van der Waals surface area (Å²) in [6.07, 6.45) is 3.17. The van der Waals surface area contributed by atoms with Gasteiger partial charge in [-0.15, -0.1) is 0 Å². The second-order valence-electron chi connectivity index (χ2n) is 5.51. The Morgan fingerprint density at radius 1 is 1.04 bits per heavy atom. The molecule has 1 amide bonds. The molecule has 0 aliphatic heterocycles. The maximum Gasteiger partial charge on any atom is 0.255 e. The van der Waals surface area contributed by atoms with Gasteiger partial charge in [-0.25, -0.2) is 0 Å². The molecule has 0 bridgehead atoms. The van der Waals surface area contributed by atoms with E-state index >= 15 is 0 Å². The summed E-state index contributed by atoms with van der Waals surface area (Å²) >= 11 is 0. The number of carbonyl (C=O) groups excluding carboxylic acids is 2. The number of nitrogens with zero attached hydrogens (tertiary/aromatic N) is 1. The van der Waals surface area contributed by atoms with Crippen LogP contribution in [0.2, 0.25) is 0 Å². The second-order valence-corrected chi connectivity index (χ2v) is 5.51. The van der Waals surface area contributed by atoms with Crippen molar-refractivity contribution in [1.82, 2.24) is 4.90 Å². The van der Waals surface area contributed by atoms with E-state index in [1.165, 1.54) is 6.08 Å². The zero-order valence-electron chi connectivity index (χ0n) is 13.5. The first-order valence-corrected chi connectivity index (χ1v) is 7.33. The van der Waals surface area contributed by atoms with Crippen LogP contribution in [0.5, 0.6) is 0 Å². The van der Waals surface area contributed by atoms with Crippen LogP contribution in [0.4, 0.5) is 5.69 Å². The van der Waals surface area contributed by atoms with Crippen molar-refractivity contribution in [2.75, 3.05) is 19.4 Å². The molecule has 0 fully saturated rings. The summed E-state index contributed by atoms with van der Waals surface area (Å²) < 4.78 is 0. The molecule has 23 heavy (non-hydrogen) atoms. The normalized spacial score (nSPS) is 10.6. The lowest BCUT2D eigenvalue weighted by Gasteiger charge is -2.11. The Morgan fingerprint density at radius 3 is 2.39 bits per heavy atom. The fourth-order valence-electron chi connectivity index (χ4n) is 2.07. The minimum atomic E-state index is -0.234. The van der Waals surface area contributed by atoms with Gasteiger partial charge >= 0.3 is 0 Å². The molecule has 0 spiro atoms. The van der Waals surface area contributed by atoms with Crippen molar-refractivity contribution >= 4 is 17.4 Å². The van der Waals surface area contributed by atoms with Crippen LogP contribution < -0.4 is 5.32 Å². The van der Waals surface area contributed by atoms with Gasteiger partial charge in [-0.2, -0.15) is 0 Å². The van der Waals surface area contributed by atoms with Gasteiger partial charge in [-0.3, -0.25) is 9.59 Å². The maximum atomic E-state index is 12.3. The van der Waals surface area contributed by atoms with Gasteiger partial charge in [-0.1, -0.05) is 24.3 Å². The van der Waals surface area contributed by atoms with Crippen LogP contribution in [-0.4, -0.2) is 30.7 Å². The van der Waals surface area contributed by atoms with Crippen molar-refractivity contribution in [2.24, 2.45) is 0 Å². The van der Waals surface area contributed by atoms with Crippen LogP contribution in [0.3, 0.4) is 0 Å². The van der Waals surface area contributed by atoms with Gasteiger partial charge < -0.3 is 10.2 Å². The summed E-state index contributed by atoms with van der Waals surface area (Å²) in [4.78, 5) is 26.4. The molecule has 1 N–H and O–H groups in total. The molecule has 2 aromatic rings. The van der Waals surface area contributed by atoms with Crippen molar-refractivity contribution in [1.29, 1.82) is 0 Å². The Kier molecular flexibility index (Phi) is 5.31. The number of allylic oxidation sites excluding steroid dienone is 1. The van der Waals surface area contributed by atoms with Gasteiger partial charge in [0.1, 0.15) is 0 Å². The third-order valence-electron chi connectivity index (χ3n) is 3.25. The van der Waals surface area contributed by atoms with Gasteiger partial charge in [0.25, 0.3) is 5.91 Å². The Morgan fingerprint density at radius 2 is 1.74 bits per heavy atom. The zero-order chi connectivity index (χ0) is 16.8. The summed E-state index contributed by atoms with van der Waals surface area (Å²) in [7, 11) is 3.69. The zero-order valence-corrected chi connectivity index (χ0v) is 13.5. The van der Waals surface area contributed by atoms with Gasteiger partial charge in [0.05, 0.1) is 5.69 Å². The molecule has 0 saturated heterocycles. The molecule has 0 aromatic heterocycles. The average molecular weight is 308 g/mol. The lowest BCUT2D eigenvalue weighted by atomic mass is 10.0. The lowest BCUT2D eigenvalue weighted by molar-refractivity contribution is 0.102. The van der Waals surface area contributed by atoms with E-state index < -0.39 is 0 Å². The summed E-state index contributed by atoms with van der Waals surface area (Å²) in [5.41, 5.74) is 2.52. The molecule has 118 valence electrons. The number of hydrogen-bond donors (Lipinski definition) is 1. The Balaban J connectivity index is 2.29. The highest BCUT2D eigenvalue weighted by molar-refractivity contribution is 6.12. The van der Waals surface area contributed by atoms with E-state index in [0.29, 0.717) is 16.8 Å². The predicted octanol–water partition coefficient (Wildman–Crippen LogP) is 3.51. The first-order valence-electron chi connectivity index (χ1n) is 7.33. The van der Waals surface area contributed by atoms with E-state index in [-0.39, 0.29) is 11.7 Å². The summed E-state index contributed by atoms with van der Waals surface area (Å²) in [6.45, 7) is 1.92. The molecule has 0 unspecified atom stereocenters. The third kappa shape index (κ3) is 4.54. The topological polar surface area (TPSA) is 49.4 Å². The minimum Gasteiger partial charge on any atom is -0.383 e. The molecule has 2 aromatic carbocycles. The molecule has 4 nitrogen and oxygen atoms in total. The van der Waals surface area contributed by atoms with Crippen molar-refractivity contribution in [3.05, 3.63) is 77.5 Å². The summed E-state index contributed by atoms with van der Waals surface area (Å²) in [6, 6.07) is 14.3. The van der Waals surface area contributed by atoms with E-state index in [1.807, 2.05) is 33.2 Å². The fraction of sp³-hybridized carbons (Fsp3) is 0.158. The second kappa shape index (κ2) is 7.40. The molecule has 0 atom stereocenters. The van der Waals surface area contributed by atoms with Crippen molar-refractivity contribution in [3.63, 3.8) is 0 Å². The minimum absolute atomic E-state index is 0.151. The number of nitrogens with one attached hydrogen (secondary N) is 1. The van der Waals surface area contributed by atoms with Crippen LogP contribution in [0.1, 0.15) is 26.3 Å². The highest BCUT2D eigenvalue weighted by Gasteiger charge is 2.13. The van der Waals surface area contributed by atoms with E-state index in [2.05, 4.69) is 5.32 Å². The number of ketones is 1. The van der Waals surface area contributed by atoms with Crippen LogP contribution in [0.25, 0.3) is 0 Å². The van der Waals surface area contributed by atoms with Gasteiger partial charge in [0.2, 0.25) is 0 Å². The predicted molar refractivity (Wildman–Crippen MR) is 92.7 cm³/mol. The van der Waals surface area contributed by atoms with E-state index in [9.17, 15) is 9.59 Å². The monoisotopic (exact) mass is 308 g/mol. The number of rotatable bonds is 5. The number of aryl methyl sites for hydroxylation is 1. The van der Waals surface area contributed by atoms with Gasteiger partial charge in [0, 0.05) is 37.5 Å². The fourth-order valence-corrected chi connectivity index (χ4v) is 2.07. The molecular weight excluding hydrogens is 288 g/mol. The van der Waals surface area contributed by atoms with Crippen LogP contribution >= 0.6 is 0 Å². The smallest absolute Gasteiger partial charge is 0.255 e. The Labute approximate surface area is 136 Å². The molecule has 0 radical (unpaired) electrons. The lowest BCUT2D eigenvalue weighted by Crippen LogP contribution is -2.14. The SMILES string of the molecule is Cc1ccc(C(=O)/C=C/N(C)C)c(NC(=O)c2ccccc2)c1. The molecule has 0 aliphatic carbocycles. The van der Waals surface area contributed by atoms with Crippen LogP contribution in [0, 0.1) is 6.92 Å². The highest BCUT2D eigenvalue weighted by atomic mass is 16.1. The third-order valence-corrected chi connectivity index (χ3v) is 3.25. The summed E-state index contributed by atoms with van der Waals surface area (Å²) in [5, 5.41) is 2.83. The number of anilines is 1. The number of carbonyl (C=O) groups is 2. The molecule has 4 heteroatoms. The van der Waals surface area contributed by atoms with Crippen molar-refractivity contribution in [2.45, 2.75) is 6.92 Å². The maximum absolute atomic E-state index is 12.3.